The van der Waals surface area contributed by atoms with Gasteiger partial charge in [0.15, 0.2) is 5.78 Å². The van der Waals surface area contributed by atoms with Gasteiger partial charge in [0.1, 0.15) is 6.61 Å². The van der Waals surface area contributed by atoms with Gasteiger partial charge in [-0.25, -0.2) is 0 Å². The van der Waals surface area contributed by atoms with E-state index in [2.05, 4.69) is 4.94 Å². The second kappa shape index (κ2) is 5.32. The molecule has 0 amide bonds. The molecule has 10 heavy (non-hydrogen) atoms. The second-order valence-electron chi connectivity index (χ2n) is 2.11. The molecule has 1 atom stereocenters. The Balaban J connectivity index is 3.49. The lowest BCUT2D eigenvalue weighted by Crippen LogP contribution is -2.32. The third-order valence-electron chi connectivity index (χ3n) is 1.21. The molecule has 0 aliphatic rings. The molecule has 4 heteroatoms. The van der Waals surface area contributed by atoms with Gasteiger partial charge >= 0.3 is 0 Å². The molecule has 0 aromatic heterocycles. The number of hydrogen-bond acceptors (Lipinski definition) is 3. The van der Waals surface area contributed by atoms with Crippen LogP contribution >= 0.6 is 0 Å². The largest absolute Gasteiger partial charge is 0.321 e. The Hall–Kier alpha value is -0.480. The van der Waals surface area contributed by atoms with Crippen LogP contribution in [0.3, 0.4) is 0 Å². The molecule has 0 fully saturated rings. The minimum atomic E-state index is -0.569. The molecule has 1 unspecified atom stereocenters. The van der Waals surface area contributed by atoms with Crippen LogP contribution in [-0.4, -0.2) is 18.4 Å². The van der Waals surface area contributed by atoms with Gasteiger partial charge in [0, 0.05) is 0 Å². The molecule has 60 valence electrons. The summed E-state index contributed by atoms with van der Waals surface area (Å²) in [6, 6.07) is -0.569. The molecule has 0 heterocycles. The molecule has 0 spiro atoms. The number of ketones is 1. The van der Waals surface area contributed by atoms with Crippen molar-refractivity contribution in [1.29, 1.82) is 0 Å². The lowest BCUT2D eigenvalue weighted by molar-refractivity contribution is -0.155. The van der Waals surface area contributed by atoms with Crippen LogP contribution in [0.1, 0.15) is 19.8 Å². The zero-order chi connectivity index (χ0) is 7.98. The fourth-order valence-electron chi connectivity index (χ4n) is 0.633. The van der Waals surface area contributed by atoms with Crippen molar-refractivity contribution in [3.63, 3.8) is 0 Å². The van der Waals surface area contributed by atoms with Crippen molar-refractivity contribution in [2.75, 3.05) is 6.61 Å². The molecule has 0 saturated carbocycles. The molecule has 0 aromatic rings. The minimum Gasteiger partial charge on any atom is -0.321 e. The number of halogens is 1. The van der Waals surface area contributed by atoms with Gasteiger partial charge in [-0.2, -0.15) is 4.94 Å². The Bertz CT molecular complexity index is 108. The molecule has 0 aliphatic heterocycles. The lowest BCUT2D eigenvalue weighted by Gasteiger charge is -2.05. The maximum atomic E-state index is 11.1. The number of carbonyl (C=O) groups excluding carboxylic acids is 1. The van der Waals surface area contributed by atoms with Gasteiger partial charge in [0.2, 0.25) is 0 Å². The standard InChI is InChI=1S/C6H12FNO2/c1-2-3-5(8)6(9)4-10-7/h5H,2-4,8H2,1H3. The van der Waals surface area contributed by atoms with Crippen LogP contribution in [0.5, 0.6) is 0 Å². The summed E-state index contributed by atoms with van der Waals surface area (Å²) in [5.74, 6) is -0.385. The van der Waals surface area contributed by atoms with E-state index in [1.165, 1.54) is 0 Å². The number of nitrogens with two attached hydrogens (primary N) is 1. The summed E-state index contributed by atoms with van der Waals surface area (Å²) in [6.45, 7) is 1.38. The topological polar surface area (TPSA) is 52.3 Å². The second-order valence-corrected chi connectivity index (χ2v) is 2.11. The third kappa shape index (κ3) is 3.53. The summed E-state index contributed by atoms with van der Waals surface area (Å²) in [4.78, 5) is 13.8. The van der Waals surface area contributed by atoms with Gasteiger partial charge in [-0.15, -0.1) is 0 Å². The molecular weight excluding hydrogens is 137 g/mol. The van der Waals surface area contributed by atoms with Crippen molar-refractivity contribution < 1.29 is 14.3 Å². The smallest absolute Gasteiger partial charge is 0.178 e. The van der Waals surface area contributed by atoms with Gasteiger partial charge in [-0.1, -0.05) is 13.3 Å². The molecular formula is C6H12FNO2. The first-order valence-electron chi connectivity index (χ1n) is 3.24. The van der Waals surface area contributed by atoms with Crippen LogP contribution in [-0.2, 0) is 9.74 Å². The van der Waals surface area contributed by atoms with Gasteiger partial charge < -0.3 is 5.73 Å². The number of hydrogen-bond donors (Lipinski definition) is 1. The van der Waals surface area contributed by atoms with Gasteiger partial charge in [0.25, 0.3) is 0 Å². The lowest BCUT2D eigenvalue weighted by atomic mass is 10.1. The molecule has 0 rings (SSSR count). The number of carbonyl (C=O) groups is 1. The first kappa shape index (κ1) is 9.52. The van der Waals surface area contributed by atoms with E-state index in [0.717, 1.165) is 6.42 Å². The highest BCUT2D eigenvalue weighted by Gasteiger charge is 2.11. The van der Waals surface area contributed by atoms with Crippen molar-refractivity contribution in [1.82, 2.24) is 0 Å². The van der Waals surface area contributed by atoms with Crippen LogP contribution in [0.4, 0.5) is 4.53 Å². The van der Waals surface area contributed by atoms with E-state index in [4.69, 9.17) is 5.73 Å². The van der Waals surface area contributed by atoms with Crippen LogP contribution in [0.15, 0.2) is 0 Å². The van der Waals surface area contributed by atoms with E-state index >= 15 is 0 Å². The van der Waals surface area contributed by atoms with Gasteiger partial charge in [0.05, 0.1) is 6.04 Å². The zero-order valence-electron chi connectivity index (χ0n) is 5.97. The van der Waals surface area contributed by atoms with E-state index in [1.807, 2.05) is 6.92 Å². The average Bonchev–Trinajstić information content (AvgIpc) is 1.89. The highest BCUT2D eigenvalue weighted by Crippen LogP contribution is 1.94. The van der Waals surface area contributed by atoms with E-state index in [0.29, 0.717) is 6.42 Å². The Kier molecular flexibility index (Phi) is 5.06. The van der Waals surface area contributed by atoms with Crippen LogP contribution in [0, 0.1) is 0 Å². The Morgan fingerprint density at radius 3 is 2.80 bits per heavy atom. The molecule has 3 nitrogen and oxygen atoms in total. The van der Waals surface area contributed by atoms with Gasteiger partial charge in [-0.05, 0) is 10.9 Å². The van der Waals surface area contributed by atoms with Crippen molar-refractivity contribution in [2.24, 2.45) is 5.73 Å². The van der Waals surface area contributed by atoms with E-state index in [-0.39, 0.29) is 5.78 Å². The predicted molar refractivity (Wildman–Crippen MR) is 35.0 cm³/mol. The van der Waals surface area contributed by atoms with Crippen LogP contribution in [0.25, 0.3) is 0 Å². The zero-order valence-corrected chi connectivity index (χ0v) is 5.97. The van der Waals surface area contributed by atoms with Crippen LogP contribution < -0.4 is 5.73 Å². The maximum absolute atomic E-state index is 11.1. The fourth-order valence-corrected chi connectivity index (χ4v) is 0.633. The van der Waals surface area contributed by atoms with Crippen LogP contribution in [0.2, 0.25) is 0 Å². The summed E-state index contributed by atoms with van der Waals surface area (Å²) in [7, 11) is 0. The normalized spacial score (nSPS) is 13.1. The van der Waals surface area contributed by atoms with Crippen molar-refractivity contribution in [2.45, 2.75) is 25.8 Å². The van der Waals surface area contributed by atoms with Crippen molar-refractivity contribution in [3.05, 3.63) is 0 Å². The summed E-state index contributed by atoms with van der Waals surface area (Å²) in [5.41, 5.74) is 5.32. The highest BCUT2D eigenvalue weighted by atomic mass is 19.3. The molecule has 0 saturated heterocycles. The minimum absolute atomic E-state index is 0.385. The summed E-state index contributed by atoms with van der Waals surface area (Å²) in [5, 5.41) is 0. The monoisotopic (exact) mass is 149 g/mol. The van der Waals surface area contributed by atoms with E-state index in [1.54, 1.807) is 0 Å². The first-order chi connectivity index (χ1) is 4.72. The van der Waals surface area contributed by atoms with Gasteiger partial charge in [-0.3, -0.25) is 4.79 Å². The molecule has 0 aromatic carbocycles. The summed E-state index contributed by atoms with van der Waals surface area (Å²) >= 11 is 0. The summed E-state index contributed by atoms with van der Waals surface area (Å²) in [6.07, 6.45) is 1.40. The average molecular weight is 149 g/mol. The predicted octanol–water partition coefficient (Wildman–Crippen LogP) is 0.584. The molecule has 0 radical (unpaired) electrons. The number of rotatable bonds is 5. The SMILES string of the molecule is CCCC(N)C(=O)COF. The number of Topliss-reactive ketones (excluding diaryl/α,β-unsaturated/α-hetero) is 1. The van der Waals surface area contributed by atoms with Crippen molar-refractivity contribution in [3.8, 4) is 0 Å². The van der Waals surface area contributed by atoms with E-state index in [9.17, 15) is 9.32 Å². The first-order valence-corrected chi connectivity index (χ1v) is 3.24. The molecule has 2 N–H and O–H groups in total. The Labute approximate surface area is 59.2 Å². The third-order valence-corrected chi connectivity index (χ3v) is 1.21. The highest BCUT2D eigenvalue weighted by molar-refractivity contribution is 5.84. The maximum Gasteiger partial charge on any atom is 0.178 e. The quantitative estimate of drug-likeness (QED) is 0.622. The summed E-state index contributed by atoms with van der Waals surface area (Å²) < 4.78 is 11.1. The Morgan fingerprint density at radius 1 is 1.80 bits per heavy atom. The van der Waals surface area contributed by atoms with Crippen molar-refractivity contribution >= 4 is 5.78 Å². The molecule has 0 aliphatic carbocycles. The fraction of sp³-hybridized carbons (Fsp3) is 0.833. The Morgan fingerprint density at radius 2 is 2.40 bits per heavy atom. The molecule has 0 bridgehead atoms. The van der Waals surface area contributed by atoms with E-state index < -0.39 is 12.6 Å².